The van der Waals surface area contributed by atoms with Gasteiger partial charge in [-0.1, -0.05) is 34.6 Å². The van der Waals surface area contributed by atoms with Crippen molar-refractivity contribution >= 4 is 5.78 Å². The van der Waals surface area contributed by atoms with Gasteiger partial charge >= 0.3 is 0 Å². The Hall–Kier alpha value is -0.370. The molecule has 0 bridgehead atoms. The van der Waals surface area contributed by atoms with E-state index in [-0.39, 0.29) is 17.3 Å². The van der Waals surface area contributed by atoms with Gasteiger partial charge in [0.25, 0.3) is 0 Å². The summed E-state index contributed by atoms with van der Waals surface area (Å²) < 4.78 is 5.86. The number of carbonyl (C=O) groups is 1. The van der Waals surface area contributed by atoms with Crippen LogP contribution in [0.25, 0.3) is 0 Å². The van der Waals surface area contributed by atoms with Gasteiger partial charge in [-0.3, -0.25) is 4.79 Å². The number of rotatable bonds is 7. The third kappa shape index (κ3) is 6.82. The fourth-order valence-corrected chi connectivity index (χ4v) is 1.89. The Morgan fingerprint density at radius 1 is 1.29 bits per heavy atom. The maximum atomic E-state index is 12.1. The normalized spacial score (nSPS) is 18.5. The summed E-state index contributed by atoms with van der Waals surface area (Å²) in [5.41, 5.74) is 0.154. The molecular weight excluding hydrogens is 212 g/mol. The molecule has 0 aromatic heterocycles. The first-order valence-corrected chi connectivity index (χ1v) is 6.92. The minimum atomic E-state index is -0.182. The molecule has 1 aliphatic rings. The molecule has 0 radical (unpaired) electrons. The van der Waals surface area contributed by atoms with Crippen LogP contribution in [0.3, 0.4) is 0 Å². The Kier molecular flexibility index (Phi) is 5.18. The van der Waals surface area contributed by atoms with Crippen LogP contribution in [-0.4, -0.2) is 18.5 Å². The lowest BCUT2D eigenvalue weighted by Crippen LogP contribution is -2.30. The van der Waals surface area contributed by atoms with Crippen LogP contribution in [0.5, 0.6) is 0 Å². The largest absolute Gasteiger partial charge is 0.370 e. The van der Waals surface area contributed by atoms with E-state index in [9.17, 15) is 4.79 Å². The highest BCUT2D eigenvalue weighted by atomic mass is 16.5. The zero-order chi connectivity index (χ0) is 13.1. The zero-order valence-electron chi connectivity index (χ0n) is 12.1. The van der Waals surface area contributed by atoms with Crippen molar-refractivity contribution in [2.75, 3.05) is 6.61 Å². The van der Waals surface area contributed by atoms with Crippen molar-refractivity contribution in [1.29, 1.82) is 0 Å². The summed E-state index contributed by atoms with van der Waals surface area (Å²) in [4.78, 5) is 12.1. The summed E-state index contributed by atoms with van der Waals surface area (Å²) in [6.07, 6.45) is 3.86. The van der Waals surface area contributed by atoms with Gasteiger partial charge in [0.1, 0.15) is 6.10 Å². The molecule has 1 aliphatic carbocycles. The Balaban J connectivity index is 2.46. The molecule has 1 fully saturated rings. The molecule has 1 atom stereocenters. The van der Waals surface area contributed by atoms with Gasteiger partial charge in [0.15, 0.2) is 5.78 Å². The molecule has 17 heavy (non-hydrogen) atoms. The van der Waals surface area contributed by atoms with Gasteiger partial charge < -0.3 is 4.74 Å². The van der Waals surface area contributed by atoms with E-state index in [1.54, 1.807) is 0 Å². The number of carbonyl (C=O) groups excluding carboxylic acids is 1. The highest BCUT2D eigenvalue weighted by Crippen LogP contribution is 2.31. The van der Waals surface area contributed by atoms with Crippen molar-refractivity contribution in [3.8, 4) is 0 Å². The van der Waals surface area contributed by atoms with Crippen LogP contribution in [0.1, 0.15) is 60.3 Å². The molecule has 1 saturated carbocycles. The summed E-state index contributed by atoms with van der Waals surface area (Å²) >= 11 is 0. The molecule has 0 spiro atoms. The molecule has 1 rings (SSSR count). The van der Waals surface area contributed by atoms with Gasteiger partial charge in [-0.05, 0) is 36.5 Å². The van der Waals surface area contributed by atoms with E-state index in [1.807, 2.05) is 0 Å². The van der Waals surface area contributed by atoms with E-state index < -0.39 is 0 Å². The van der Waals surface area contributed by atoms with Crippen molar-refractivity contribution in [2.45, 2.75) is 66.4 Å². The molecule has 1 unspecified atom stereocenters. The molecule has 0 amide bonds. The Labute approximate surface area is 106 Å². The maximum absolute atomic E-state index is 12.1. The highest BCUT2D eigenvalue weighted by Gasteiger charge is 2.29. The van der Waals surface area contributed by atoms with Crippen molar-refractivity contribution in [3.05, 3.63) is 0 Å². The SMILES string of the molecule is CC(C)CC(=O)C(CC(C)(C)C)OCC1CC1. The van der Waals surface area contributed by atoms with E-state index in [1.165, 1.54) is 12.8 Å². The summed E-state index contributed by atoms with van der Waals surface area (Å²) in [5.74, 6) is 1.44. The predicted octanol–water partition coefficient (Wildman–Crippen LogP) is 3.83. The fraction of sp³-hybridized carbons (Fsp3) is 0.933. The highest BCUT2D eigenvalue weighted by molar-refractivity contribution is 5.83. The first-order valence-electron chi connectivity index (χ1n) is 6.92. The zero-order valence-corrected chi connectivity index (χ0v) is 12.1. The fourth-order valence-electron chi connectivity index (χ4n) is 1.89. The monoisotopic (exact) mass is 240 g/mol. The number of hydrogen-bond donors (Lipinski definition) is 0. The summed E-state index contributed by atoms with van der Waals surface area (Å²) in [5, 5.41) is 0. The van der Waals surface area contributed by atoms with Gasteiger partial charge in [0.2, 0.25) is 0 Å². The van der Waals surface area contributed by atoms with Crippen LogP contribution >= 0.6 is 0 Å². The van der Waals surface area contributed by atoms with Gasteiger partial charge in [0.05, 0.1) is 6.61 Å². The van der Waals surface area contributed by atoms with Crippen molar-refractivity contribution in [1.82, 2.24) is 0 Å². The van der Waals surface area contributed by atoms with Gasteiger partial charge in [0, 0.05) is 6.42 Å². The predicted molar refractivity (Wildman–Crippen MR) is 71.0 cm³/mol. The number of hydrogen-bond acceptors (Lipinski definition) is 2. The van der Waals surface area contributed by atoms with Crippen molar-refractivity contribution in [2.24, 2.45) is 17.3 Å². The summed E-state index contributed by atoms with van der Waals surface area (Å²) in [7, 11) is 0. The van der Waals surface area contributed by atoms with E-state index in [4.69, 9.17) is 4.74 Å². The number of ether oxygens (including phenoxy) is 1. The molecule has 0 aliphatic heterocycles. The van der Waals surface area contributed by atoms with Crippen LogP contribution in [0, 0.1) is 17.3 Å². The lowest BCUT2D eigenvalue weighted by atomic mass is 9.86. The lowest BCUT2D eigenvalue weighted by molar-refractivity contribution is -0.133. The second-order valence-corrected chi connectivity index (χ2v) is 7.09. The number of Topliss-reactive ketones (excluding diaryl/α,β-unsaturated/α-hetero) is 1. The Bertz CT molecular complexity index is 246. The summed E-state index contributed by atoms with van der Waals surface area (Å²) in [6, 6.07) is 0. The van der Waals surface area contributed by atoms with Crippen molar-refractivity contribution in [3.63, 3.8) is 0 Å². The standard InChI is InChI=1S/C15H28O2/c1-11(2)8-13(16)14(9-15(3,4)5)17-10-12-6-7-12/h11-12,14H,6-10H2,1-5H3. The molecule has 0 aromatic carbocycles. The molecule has 0 N–H and O–H groups in total. The quantitative estimate of drug-likeness (QED) is 0.676. The second-order valence-electron chi connectivity index (χ2n) is 7.09. The number of ketones is 1. The second kappa shape index (κ2) is 5.99. The van der Waals surface area contributed by atoms with Gasteiger partial charge in [-0.15, -0.1) is 0 Å². The average molecular weight is 240 g/mol. The Morgan fingerprint density at radius 3 is 2.29 bits per heavy atom. The van der Waals surface area contributed by atoms with E-state index >= 15 is 0 Å². The first-order chi connectivity index (χ1) is 7.78. The van der Waals surface area contributed by atoms with Crippen LogP contribution < -0.4 is 0 Å². The minimum Gasteiger partial charge on any atom is -0.370 e. The molecule has 100 valence electrons. The average Bonchev–Trinajstić information content (AvgIpc) is 2.92. The third-order valence-electron chi connectivity index (χ3n) is 3.00. The smallest absolute Gasteiger partial charge is 0.161 e. The van der Waals surface area contributed by atoms with E-state index in [2.05, 4.69) is 34.6 Å². The topological polar surface area (TPSA) is 26.3 Å². The van der Waals surface area contributed by atoms with Crippen LogP contribution in [0.2, 0.25) is 0 Å². The van der Waals surface area contributed by atoms with Gasteiger partial charge in [-0.25, -0.2) is 0 Å². The van der Waals surface area contributed by atoms with Crippen LogP contribution in [0.4, 0.5) is 0 Å². The van der Waals surface area contributed by atoms with E-state index in [0.717, 1.165) is 18.9 Å². The molecule has 2 nitrogen and oxygen atoms in total. The molecular formula is C15H28O2. The van der Waals surface area contributed by atoms with E-state index in [0.29, 0.717) is 12.3 Å². The lowest BCUT2D eigenvalue weighted by Gasteiger charge is -2.26. The maximum Gasteiger partial charge on any atom is 0.161 e. The first kappa shape index (κ1) is 14.7. The summed E-state index contributed by atoms with van der Waals surface area (Å²) in [6.45, 7) is 11.5. The molecule has 2 heteroatoms. The minimum absolute atomic E-state index is 0.154. The van der Waals surface area contributed by atoms with Crippen molar-refractivity contribution < 1.29 is 9.53 Å². The third-order valence-corrected chi connectivity index (χ3v) is 3.00. The van der Waals surface area contributed by atoms with Crippen LogP contribution in [0.15, 0.2) is 0 Å². The van der Waals surface area contributed by atoms with Crippen LogP contribution in [-0.2, 0) is 9.53 Å². The molecule has 0 heterocycles. The molecule has 0 saturated heterocycles. The van der Waals surface area contributed by atoms with Gasteiger partial charge in [-0.2, -0.15) is 0 Å². The Morgan fingerprint density at radius 2 is 1.88 bits per heavy atom. The molecule has 0 aromatic rings.